The number of nitro benzene ring substituents is 1. The smallest absolute Gasteiger partial charge is 0.339 e. The number of hydrogen-bond donors (Lipinski definition) is 2. The van der Waals surface area contributed by atoms with Gasteiger partial charge in [-0.25, -0.2) is 9.59 Å². The molecule has 146 valence electrons. The van der Waals surface area contributed by atoms with E-state index in [1.54, 1.807) is 0 Å². The summed E-state index contributed by atoms with van der Waals surface area (Å²) >= 11 is 0. The Morgan fingerprint density at radius 2 is 1.89 bits per heavy atom. The van der Waals surface area contributed by atoms with Gasteiger partial charge >= 0.3 is 12.0 Å². The van der Waals surface area contributed by atoms with E-state index in [0.29, 0.717) is 0 Å². The minimum atomic E-state index is -1.23. The van der Waals surface area contributed by atoms with Crippen LogP contribution in [0.15, 0.2) is 18.2 Å². The Morgan fingerprint density at radius 1 is 1.22 bits per heavy atom. The summed E-state index contributed by atoms with van der Waals surface area (Å²) in [5.74, 6) is -1.63. The van der Waals surface area contributed by atoms with Crippen molar-refractivity contribution in [2.45, 2.75) is 58.1 Å². The highest BCUT2D eigenvalue weighted by atomic mass is 16.6. The molecule has 0 aliphatic heterocycles. The van der Waals surface area contributed by atoms with Crippen LogP contribution >= 0.6 is 0 Å². The number of hydrogen-bond acceptors (Lipinski definition) is 6. The molecule has 9 heteroatoms. The minimum Gasteiger partial charge on any atom is -0.449 e. The van der Waals surface area contributed by atoms with Gasteiger partial charge in [-0.3, -0.25) is 20.2 Å². The first kappa shape index (κ1) is 20.3. The summed E-state index contributed by atoms with van der Waals surface area (Å²) in [6.45, 7) is 2.75. The Kier molecular flexibility index (Phi) is 6.86. The van der Waals surface area contributed by atoms with E-state index in [9.17, 15) is 24.5 Å². The predicted octanol–water partition coefficient (Wildman–Crippen LogP) is 2.61. The number of nitrogens with one attached hydrogen (secondary N) is 2. The quantitative estimate of drug-likeness (QED) is 0.461. The average molecular weight is 377 g/mol. The maximum absolute atomic E-state index is 12.2. The summed E-state index contributed by atoms with van der Waals surface area (Å²) in [5.41, 5.74) is -0.0703. The highest BCUT2D eigenvalue weighted by Crippen LogP contribution is 2.22. The molecular formula is C18H23N3O6. The van der Waals surface area contributed by atoms with Crippen LogP contribution in [0.2, 0.25) is 0 Å². The molecule has 0 unspecified atom stereocenters. The first-order valence-electron chi connectivity index (χ1n) is 8.86. The van der Waals surface area contributed by atoms with E-state index in [1.165, 1.54) is 32.0 Å². The minimum absolute atomic E-state index is 0.00416. The van der Waals surface area contributed by atoms with Gasteiger partial charge in [0.25, 0.3) is 11.6 Å². The van der Waals surface area contributed by atoms with Crippen LogP contribution in [0, 0.1) is 17.0 Å². The molecule has 1 aliphatic carbocycles. The summed E-state index contributed by atoms with van der Waals surface area (Å²) in [7, 11) is 0. The molecule has 0 saturated heterocycles. The number of carbonyl (C=O) groups excluding carboxylic acids is 3. The zero-order valence-electron chi connectivity index (χ0n) is 15.3. The molecule has 1 saturated carbocycles. The summed E-state index contributed by atoms with van der Waals surface area (Å²) in [4.78, 5) is 46.6. The number of urea groups is 1. The van der Waals surface area contributed by atoms with Gasteiger partial charge in [0.2, 0.25) is 0 Å². The number of amides is 3. The normalized spacial score (nSPS) is 15.5. The van der Waals surface area contributed by atoms with Crippen LogP contribution in [0.5, 0.6) is 0 Å². The van der Waals surface area contributed by atoms with Gasteiger partial charge in [0.1, 0.15) is 0 Å². The molecule has 0 spiro atoms. The van der Waals surface area contributed by atoms with E-state index >= 15 is 0 Å². The number of esters is 1. The van der Waals surface area contributed by atoms with Crippen LogP contribution in [-0.2, 0) is 9.53 Å². The van der Waals surface area contributed by atoms with Crippen molar-refractivity contribution >= 4 is 23.6 Å². The summed E-state index contributed by atoms with van der Waals surface area (Å²) in [6, 6.07) is 3.44. The van der Waals surface area contributed by atoms with Crippen LogP contribution in [-0.4, -0.2) is 35.0 Å². The van der Waals surface area contributed by atoms with E-state index in [-0.39, 0.29) is 22.9 Å². The van der Waals surface area contributed by atoms with E-state index in [0.717, 1.165) is 32.1 Å². The van der Waals surface area contributed by atoms with Gasteiger partial charge in [0, 0.05) is 17.7 Å². The number of nitro groups is 1. The molecule has 9 nitrogen and oxygen atoms in total. The van der Waals surface area contributed by atoms with Crippen molar-refractivity contribution < 1.29 is 24.0 Å². The zero-order chi connectivity index (χ0) is 20.0. The molecule has 1 aliphatic rings. The zero-order valence-corrected chi connectivity index (χ0v) is 15.3. The van der Waals surface area contributed by atoms with Gasteiger partial charge in [0.15, 0.2) is 6.10 Å². The fourth-order valence-corrected chi connectivity index (χ4v) is 3.00. The third-order valence-electron chi connectivity index (χ3n) is 4.55. The monoisotopic (exact) mass is 377 g/mol. The maximum Gasteiger partial charge on any atom is 0.339 e. The third kappa shape index (κ3) is 5.50. The highest BCUT2D eigenvalue weighted by molar-refractivity contribution is 5.99. The third-order valence-corrected chi connectivity index (χ3v) is 4.55. The van der Waals surface area contributed by atoms with E-state index < -0.39 is 28.9 Å². The Bertz CT molecular complexity index is 743. The van der Waals surface area contributed by atoms with Crippen LogP contribution in [0.1, 0.15) is 54.9 Å². The Morgan fingerprint density at radius 3 is 2.52 bits per heavy atom. The Balaban J connectivity index is 1.91. The van der Waals surface area contributed by atoms with Crippen molar-refractivity contribution in [3.63, 3.8) is 0 Å². The Hall–Kier alpha value is -2.97. The van der Waals surface area contributed by atoms with Crippen LogP contribution in [0.25, 0.3) is 0 Å². The first-order valence-corrected chi connectivity index (χ1v) is 8.86. The average Bonchev–Trinajstić information content (AvgIpc) is 2.62. The lowest BCUT2D eigenvalue weighted by Gasteiger charge is -2.23. The van der Waals surface area contributed by atoms with Crippen molar-refractivity contribution in [3.8, 4) is 0 Å². The van der Waals surface area contributed by atoms with Gasteiger partial charge in [-0.05, 0) is 32.8 Å². The summed E-state index contributed by atoms with van der Waals surface area (Å²) in [5, 5.41) is 15.8. The summed E-state index contributed by atoms with van der Waals surface area (Å²) < 4.78 is 5.05. The number of ether oxygens (including phenoxy) is 1. The molecule has 2 N–H and O–H groups in total. The molecule has 0 bridgehead atoms. The van der Waals surface area contributed by atoms with E-state index in [2.05, 4.69) is 10.6 Å². The first-order chi connectivity index (χ1) is 12.8. The number of carbonyl (C=O) groups is 3. The van der Waals surface area contributed by atoms with Gasteiger partial charge in [0.05, 0.1) is 10.5 Å². The second kappa shape index (κ2) is 9.11. The molecule has 3 amide bonds. The number of nitrogens with zero attached hydrogens (tertiary/aromatic N) is 1. The molecule has 1 aromatic rings. The molecule has 0 heterocycles. The van der Waals surface area contributed by atoms with Crippen molar-refractivity contribution in [1.82, 2.24) is 10.6 Å². The van der Waals surface area contributed by atoms with Crippen molar-refractivity contribution in [2.75, 3.05) is 0 Å². The highest BCUT2D eigenvalue weighted by Gasteiger charge is 2.25. The largest absolute Gasteiger partial charge is 0.449 e. The second-order valence-electron chi connectivity index (χ2n) is 6.55. The van der Waals surface area contributed by atoms with Gasteiger partial charge < -0.3 is 10.1 Å². The molecule has 0 radical (unpaired) electrons. The van der Waals surface area contributed by atoms with Crippen molar-refractivity contribution in [2.24, 2.45) is 0 Å². The molecule has 1 aromatic carbocycles. The molecule has 1 fully saturated rings. The van der Waals surface area contributed by atoms with E-state index in [4.69, 9.17) is 4.74 Å². The van der Waals surface area contributed by atoms with Gasteiger partial charge in [-0.1, -0.05) is 25.3 Å². The van der Waals surface area contributed by atoms with Crippen molar-refractivity contribution in [3.05, 3.63) is 39.4 Å². The van der Waals surface area contributed by atoms with Crippen LogP contribution in [0.4, 0.5) is 10.5 Å². The number of benzene rings is 1. The molecule has 27 heavy (non-hydrogen) atoms. The summed E-state index contributed by atoms with van der Waals surface area (Å²) in [6.07, 6.45) is 3.73. The fourth-order valence-electron chi connectivity index (χ4n) is 3.00. The second-order valence-corrected chi connectivity index (χ2v) is 6.55. The predicted molar refractivity (Wildman–Crippen MR) is 96.3 cm³/mol. The molecular weight excluding hydrogens is 354 g/mol. The number of imide groups is 1. The lowest BCUT2D eigenvalue weighted by molar-refractivity contribution is -0.385. The number of rotatable bonds is 5. The van der Waals surface area contributed by atoms with Crippen LogP contribution < -0.4 is 10.6 Å². The maximum atomic E-state index is 12.2. The standard InChI is InChI=1S/C18H23N3O6/c1-11-14(9-6-10-15(11)21(25)26)17(23)27-12(2)16(22)20-18(24)19-13-7-4-3-5-8-13/h6,9-10,12-13H,3-5,7-8H2,1-2H3,(H2,19,20,22,24)/t12-/m0/s1. The molecule has 2 rings (SSSR count). The van der Waals surface area contributed by atoms with E-state index in [1.807, 2.05) is 0 Å². The lowest BCUT2D eigenvalue weighted by Crippen LogP contribution is -2.48. The molecule has 0 aromatic heterocycles. The van der Waals surface area contributed by atoms with Crippen LogP contribution in [0.3, 0.4) is 0 Å². The van der Waals surface area contributed by atoms with Gasteiger partial charge in [-0.15, -0.1) is 0 Å². The Labute approximate surface area is 156 Å². The fraction of sp³-hybridized carbons (Fsp3) is 0.500. The SMILES string of the molecule is Cc1c(C(=O)O[C@@H](C)C(=O)NC(=O)NC2CCCCC2)cccc1[N+](=O)[O-]. The molecule has 1 atom stereocenters. The lowest BCUT2D eigenvalue weighted by atomic mass is 9.96. The van der Waals surface area contributed by atoms with Gasteiger partial charge in [-0.2, -0.15) is 0 Å². The topological polar surface area (TPSA) is 128 Å². The van der Waals surface area contributed by atoms with Crippen molar-refractivity contribution in [1.29, 1.82) is 0 Å².